The number of carbonyl (C=O) groups is 1. The standard InChI is InChI=1S/C8H15NO2.2Na.2H/c9-5-6-1-3-7(4-2-6)8(10)11;;;;/h6-7H,1-5,9H2,(H,10,11);;;;/q;2*+1;2*-1. The smallest absolute Gasteiger partial charge is 1.00 e. The second kappa shape index (κ2) is 8.72. The zero-order chi connectivity index (χ0) is 8.27. The molecule has 0 saturated heterocycles. The van der Waals surface area contributed by atoms with E-state index in [4.69, 9.17) is 10.8 Å². The summed E-state index contributed by atoms with van der Waals surface area (Å²) in [7, 11) is 0. The largest absolute Gasteiger partial charge is 1.00 e. The maximum Gasteiger partial charge on any atom is 1.00 e. The van der Waals surface area contributed by atoms with Crippen LogP contribution in [0.1, 0.15) is 28.5 Å². The molecular formula is C8H17NNa2O2. The molecule has 0 atom stereocenters. The van der Waals surface area contributed by atoms with Crippen molar-refractivity contribution in [1.82, 2.24) is 0 Å². The molecule has 1 aliphatic rings. The molecular weight excluding hydrogens is 188 g/mol. The van der Waals surface area contributed by atoms with Gasteiger partial charge in [-0.25, -0.2) is 0 Å². The minimum Gasteiger partial charge on any atom is -1.00 e. The van der Waals surface area contributed by atoms with Gasteiger partial charge in [0.25, 0.3) is 0 Å². The number of nitrogens with two attached hydrogens (primary N) is 1. The fourth-order valence-electron chi connectivity index (χ4n) is 1.65. The Morgan fingerprint density at radius 3 is 2.08 bits per heavy atom. The zero-order valence-electron chi connectivity index (χ0n) is 10.6. The molecule has 0 aliphatic heterocycles. The van der Waals surface area contributed by atoms with E-state index in [1.165, 1.54) is 0 Å². The predicted octanol–water partition coefficient (Wildman–Crippen LogP) is -4.93. The van der Waals surface area contributed by atoms with Crippen LogP contribution in [0.3, 0.4) is 0 Å². The Labute approximate surface area is 126 Å². The Morgan fingerprint density at radius 2 is 1.77 bits per heavy atom. The normalized spacial score (nSPS) is 26.8. The molecule has 1 rings (SSSR count). The molecule has 1 fully saturated rings. The van der Waals surface area contributed by atoms with E-state index in [0.29, 0.717) is 12.5 Å². The van der Waals surface area contributed by atoms with Gasteiger partial charge in [0.1, 0.15) is 0 Å². The summed E-state index contributed by atoms with van der Waals surface area (Å²) in [5, 5.41) is 8.67. The maximum absolute atomic E-state index is 10.5. The van der Waals surface area contributed by atoms with E-state index in [0.717, 1.165) is 25.7 Å². The van der Waals surface area contributed by atoms with E-state index in [1.54, 1.807) is 0 Å². The molecule has 0 heterocycles. The third-order valence-electron chi connectivity index (χ3n) is 2.53. The van der Waals surface area contributed by atoms with Crippen LogP contribution in [0.25, 0.3) is 0 Å². The summed E-state index contributed by atoms with van der Waals surface area (Å²) < 4.78 is 0. The van der Waals surface area contributed by atoms with E-state index in [1.807, 2.05) is 0 Å². The predicted molar refractivity (Wildman–Crippen MR) is 44.4 cm³/mol. The molecule has 3 nitrogen and oxygen atoms in total. The fraction of sp³-hybridized carbons (Fsp3) is 0.875. The summed E-state index contributed by atoms with van der Waals surface area (Å²) in [5.41, 5.74) is 5.48. The van der Waals surface area contributed by atoms with Crippen molar-refractivity contribution >= 4 is 5.97 Å². The van der Waals surface area contributed by atoms with Gasteiger partial charge in [0.2, 0.25) is 0 Å². The Kier molecular flexibility index (Phi) is 11.3. The van der Waals surface area contributed by atoms with Crippen LogP contribution in [0.5, 0.6) is 0 Å². The first-order valence-electron chi connectivity index (χ1n) is 4.17. The van der Waals surface area contributed by atoms with Crippen LogP contribution in [0, 0.1) is 11.8 Å². The van der Waals surface area contributed by atoms with E-state index in [9.17, 15) is 4.79 Å². The van der Waals surface area contributed by atoms with Gasteiger partial charge in [-0.05, 0) is 38.1 Å². The number of rotatable bonds is 2. The Balaban J connectivity index is -0.000000151. The van der Waals surface area contributed by atoms with Crippen molar-refractivity contribution in [2.45, 2.75) is 25.7 Å². The van der Waals surface area contributed by atoms with Crippen LogP contribution in [0.2, 0.25) is 0 Å². The second-order valence-electron chi connectivity index (χ2n) is 3.29. The minimum atomic E-state index is -0.638. The Bertz CT molecular complexity index is 156. The van der Waals surface area contributed by atoms with Crippen molar-refractivity contribution in [3.05, 3.63) is 0 Å². The summed E-state index contributed by atoms with van der Waals surface area (Å²) in [4.78, 5) is 10.5. The molecule has 0 aromatic heterocycles. The van der Waals surface area contributed by atoms with Crippen molar-refractivity contribution in [3.63, 3.8) is 0 Å². The Hall–Kier alpha value is 1.43. The molecule has 13 heavy (non-hydrogen) atoms. The van der Waals surface area contributed by atoms with Crippen molar-refractivity contribution < 1.29 is 71.9 Å². The van der Waals surface area contributed by atoms with Gasteiger partial charge in [-0.2, -0.15) is 0 Å². The van der Waals surface area contributed by atoms with E-state index >= 15 is 0 Å². The number of carboxylic acid groups (broad SMARTS) is 1. The van der Waals surface area contributed by atoms with Gasteiger partial charge in [-0.3, -0.25) is 4.79 Å². The monoisotopic (exact) mass is 205 g/mol. The van der Waals surface area contributed by atoms with Crippen molar-refractivity contribution in [2.75, 3.05) is 6.54 Å². The second-order valence-corrected chi connectivity index (χ2v) is 3.29. The van der Waals surface area contributed by atoms with Crippen molar-refractivity contribution in [2.24, 2.45) is 17.6 Å². The van der Waals surface area contributed by atoms with Gasteiger partial charge in [0.05, 0.1) is 5.92 Å². The van der Waals surface area contributed by atoms with Crippen LogP contribution in [0.15, 0.2) is 0 Å². The summed E-state index contributed by atoms with van der Waals surface area (Å²) in [6, 6.07) is 0. The van der Waals surface area contributed by atoms with E-state index in [-0.39, 0.29) is 67.9 Å². The van der Waals surface area contributed by atoms with Crippen LogP contribution >= 0.6 is 0 Å². The van der Waals surface area contributed by atoms with Gasteiger partial charge in [0.15, 0.2) is 0 Å². The van der Waals surface area contributed by atoms with Gasteiger partial charge >= 0.3 is 65.1 Å². The van der Waals surface area contributed by atoms with Gasteiger partial charge in [0, 0.05) is 0 Å². The van der Waals surface area contributed by atoms with Crippen molar-refractivity contribution in [1.29, 1.82) is 0 Å². The molecule has 5 heteroatoms. The molecule has 0 unspecified atom stereocenters. The van der Waals surface area contributed by atoms with Gasteiger partial charge in [-0.1, -0.05) is 0 Å². The first kappa shape index (κ1) is 16.8. The zero-order valence-corrected chi connectivity index (χ0v) is 12.6. The third-order valence-corrected chi connectivity index (χ3v) is 2.53. The average molecular weight is 205 g/mol. The molecule has 0 aromatic rings. The molecule has 1 aliphatic carbocycles. The molecule has 0 amide bonds. The minimum absolute atomic E-state index is 0. The molecule has 0 radical (unpaired) electrons. The van der Waals surface area contributed by atoms with Crippen LogP contribution in [0.4, 0.5) is 0 Å². The maximum atomic E-state index is 10.5. The third kappa shape index (κ3) is 5.78. The molecule has 0 aromatic carbocycles. The quantitative estimate of drug-likeness (QED) is 0.444. The van der Waals surface area contributed by atoms with Crippen LogP contribution in [-0.2, 0) is 4.79 Å². The molecule has 0 spiro atoms. The number of aliphatic carboxylic acids is 1. The van der Waals surface area contributed by atoms with Crippen LogP contribution < -0.4 is 64.8 Å². The van der Waals surface area contributed by atoms with E-state index in [2.05, 4.69) is 0 Å². The summed E-state index contributed by atoms with van der Waals surface area (Å²) in [5.74, 6) is -0.163. The topological polar surface area (TPSA) is 63.3 Å². The average Bonchev–Trinajstić information content (AvgIpc) is 2.05. The number of carboxylic acids is 1. The van der Waals surface area contributed by atoms with E-state index < -0.39 is 5.97 Å². The molecule has 68 valence electrons. The molecule has 0 bridgehead atoms. The summed E-state index contributed by atoms with van der Waals surface area (Å²) in [6.45, 7) is 0.715. The molecule has 3 N–H and O–H groups in total. The SMILES string of the molecule is NCC1CCC(C(=O)O)CC1.[H-].[H-].[Na+].[Na+]. The van der Waals surface area contributed by atoms with Gasteiger partial charge in [-0.15, -0.1) is 0 Å². The number of hydrogen-bond acceptors (Lipinski definition) is 2. The first-order valence-corrected chi connectivity index (χ1v) is 4.17. The fourth-order valence-corrected chi connectivity index (χ4v) is 1.65. The summed E-state index contributed by atoms with van der Waals surface area (Å²) in [6.07, 6.45) is 3.62. The van der Waals surface area contributed by atoms with Gasteiger partial charge < -0.3 is 13.7 Å². The number of hydrogen-bond donors (Lipinski definition) is 2. The van der Waals surface area contributed by atoms with Crippen LogP contribution in [-0.4, -0.2) is 17.6 Å². The Morgan fingerprint density at radius 1 is 1.31 bits per heavy atom. The first-order chi connectivity index (χ1) is 5.24. The molecule has 1 saturated carbocycles. The van der Waals surface area contributed by atoms with Crippen molar-refractivity contribution in [3.8, 4) is 0 Å². The summed E-state index contributed by atoms with van der Waals surface area (Å²) >= 11 is 0.